The van der Waals surface area contributed by atoms with Crippen LogP contribution < -0.4 is 21.5 Å². The summed E-state index contributed by atoms with van der Waals surface area (Å²) >= 11 is 1.30. The number of urea groups is 1. The number of aliphatic hydroxyl groups is 1. The Hall–Kier alpha value is -2.78. The number of nitrogens with two attached hydrogens (primary N) is 2. The number of nitrogens with one attached hydrogen (secondary N) is 1. The molecule has 0 unspecified atom stereocenters. The number of carbonyl (C=O) groups is 2. The van der Waals surface area contributed by atoms with Crippen molar-refractivity contribution in [2.45, 2.75) is 0 Å². The van der Waals surface area contributed by atoms with Gasteiger partial charge in [0, 0.05) is 10.1 Å². The van der Waals surface area contributed by atoms with Gasteiger partial charge in [0.2, 0.25) is 5.76 Å². The Morgan fingerprint density at radius 2 is 2.13 bits per heavy atom. The number of hydrogen-bond donors (Lipinski definition) is 4. The number of anilines is 1. The molecular formula is C14H13N3O5S. The van der Waals surface area contributed by atoms with Gasteiger partial charge in [0.05, 0.1) is 11.3 Å². The van der Waals surface area contributed by atoms with Crippen LogP contribution in [-0.4, -0.2) is 30.3 Å². The van der Waals surface area contributed by atoms with E-state index in [-0.39, 0.29) is 24.7 Å². The Labute approximate surface area is 133 Å². The lowest BCUT2D eigenvalue weighted by Gasteiger charge is -2.03. The van der Waals surface area contributed by atoms with Crippen molar-refractivity contribution in [2.75, 3.05) is 18.5 Å². The third-order valence-corrected chi connectivity index (χ3v) is 4.26. The fourth-order valence-corrected chi connectivity index (χ4v) is 3.39. The van der Waals surface area contributed by atoms with E-state index >= 15 is 0 Å². The fourth-order valence-electron chi connectivity index (χ4n) is 2.24. The average Bonchev–Trinajstić information content (AvgIpc) is 3.01. The van der Waals surface area contributed by atoms with Crippen molar-refractivity contribution in [1.29, 1.82) is 0 Å². The first-order valence-corrected chi connectivity index (χ1v) is 7.42. The van der Waals surface area contributed by atoms with Crippen molar-refractivity contribution in [3.8, 4) is 5.75 Å². The summed E-state index contributed by atoms with van der Waals surface area (Å²) in [6.45, 7) is 0.104. The Balaban J connectivity index is 2.17. The molecule has 3 amide bonds. The van der Waals surface area contributed by atoms with Crippen molar-refractivity contribution in [3.05, 3.63) is 24.0 Å². The van der Waals surface area contributed by atoms with Crippen molar-refractivity contribution in [2.24, 2.45) is 11.5 Å². The summed E-state index contributed by atoms with van der Waals surface area (Å²) in [6.07, 6.45) is 0. The Morgan fingerprint density at radius 3 is 2.78 bits per heavy atom. The molecule has 120 valence electrons. The van der Waals surface area contributed by atoms with Crippen LogP contribution in [0.2, 0.25) is 0 Å². The van der Waals surface area contributed by atoms with Gasteiger partial charge in [-0.1, -0.05) is 0 Å². The molecule has 0 saturated carbocycles. The lowest BCUT2D eigenvalue weighted by Crippen LogP contribution is -2.21. The van der Waals surface area contributed by atoms with Crippen molar-refractivity contribution in [1.82, 2.24) is 0 Å². The zero-order chi connectivity index (χ0) is 16.6. The van der Waals surface area contributed by atoms with E-state index in [9.17, 15) is 9.59 Å². The lowest BCUT2D eigenvalue weighted by molar-refractivity contribution is 0.0977. The molecular weight excluding hydrogens is 322 g/mol. The molecule has 0 aliphatic carbocycles. The summed E-state index contributed by atoms with van der Waals surface area (Å²) < 4.78 is 12.3. The first-order chi connectivity index (χ1) is 11.0. The molecule has 0 saturated heterocycles. The summed E-state index contributed by atoms with van der Waals surface area (Å²) in [7, 11) is 0. The predicted octanol–water partition coefficient (Wildman–Crippen LogP) is 1.61. The van der Waals surface area contributed by atoms with Crippen LogP contribution in [0.5, 0.6) is 5.75 Å². The van der Waals surface area contributed by atoms with Crippen LogP contribution in [-0.2, 0) is 0 Å². The number of thiophene rings is 1. The Bertz CT molecular complexity index is 914. The smallest absolute Gasteiger partial charge is 0.316 e. The molecule has 0 aliphatic heterocycles. The zero-order valence-electron chi connectivity index (χ0n) is 11.8. The molecule has 2 aromatic heterocycles. The second-order valence-corrected chi connectivity index (χ2v) is 5.70. The standard InChI is InChI=1S/C14H13N3O5S/c15-13(19)11-9(17-14(16)20)12-10(22-11)7-2-1-6(21-4-3-18)5-8(7)23-12/h1-2,5,18H,3-4H2,(H2,15,19)(H3,16,17,20). The van der Waals surface area contributed by atoms with Gasteiger partial charge >= 0.3 is 6.03 Å². The molecule has 0 spiro atoms. The highest BCUT2D eigenvalue weighted by atomic mass is 32.1. The number of fused-ring (bicyclic) bond motifs is 3. The summed E-state index contributed by atoms with van der Waals surface area (Å²) in [6, 6.07) is 4.45. The van der Waals surface area contributed by atoms with Gasteiger partial charge in [-0.05, 0) is 18.2 Å². The number of rotatable bonds is 5. The Kier molecular flexibility index (Phi) is 3.80. The lowest BCUT2D eigenvalue weighted by atomic mass is 10.2. The third-order valence-electron chi connectivity index (χ3n) is 3.11. The molecule has 0 atom stereocenters. The number of ether oxygens (including phenoxy) is 1. The van der Waals surface area contributed by atoms with E-state index < -0.39 is 11.9 Å². The monoisotopic (exact) mass is 335 g/mol. The molecule has 3 rings (SSSR count). The molecule has 23 heavy (non-hydrogen) atoms. The minimum atomic E-state index is -0.820. The largest absolute Gasteiger partial charge is 0.491 e. The van der Waals surface area contributed by atoms with Gasteiger partial charge in [0.1, 0.15) is 18.0 Å². The van der Waals surface area contributed by atoms with Gasteiger partial charge in [-0.3, -0.25) is 4.79 Å². The summed E-state index contributed by atoms with van der Waals surface area (Å²) in [5.74, 6) is -0.351. The minimum Gasteiger partial charge on any atom is -0.491 e. The van der Waals surface area contributed by atoms with Crippen LogP contribution in [0.3, 0.4) is 0 Å². The van der Waals surface area contributed by atoms with Crippen molar-refractivity contribution < 1.29 is 23.8 Å². The number of carbonyl (C=O) groups excluding carboxylic acids is 2. The van der Waals surface area contributed by atoms with Crippen LogP contribution in [0.1, 0.15) is 10.6 Å². The van der Waals surface area contributed by atoms with Gasteiger partial charge in [-0.25, -0.2) is 4.79 Å². The quantitative estimate of drug-likeness (QED) is 0.560. The normalized spacial score (nSPS) is 11.0. The van der Waals surface area contributed by atoms with Gasteiger partial charge < -0.3 is 31.0 Å². The summed E-state index contributed by atoms with van der Waals surface area (Å²) in [5.41, 5.74) is 11.0. The molecule has 6 N–H and O–H groups in total. The number of furan rings is 1. The van der Waals surface area contributed by atoms with E-state index in [2.05, 4.69) is 5.32 Å². The van der Waals surface area contributed by atoms with E-state index in [0.29, 0.717) is 16.0 Å². The molecule has 2 heterocycles. The number of primary amides is 2. The number of amides is 3. The van der Waals surface area contributed by atoms with Crippen LogP contribution in [0, 0.1) is 0 Å². The molecule has 3 aromatic rings. The molecule has 1 aromatic carbocycles. The molecule has 0 fully saturated rings. The number of benzene rings is 1. The maximum absolute atomic E-state index is 11.5. The molecule has 8 nitrogen and oxygen atoms in total. The SMILES string of the molecule is NC(=O)Nc1c(C(N)=O)oc2c1sc1cc(OCCO)ccc12. The van der Waals surface area contributed by atoms with E-state index in [1.54, 1.807) is 18.2 Å². The van der Waals surface area contributed by atoms with E-state index in [1.165, 1.54) is 11.3 Å². The predicted molar refractivity (Wildman–Crippen MR) is 85.9 cm³/mol. The van der Waals surface area contributed by atoms with E-state index in [4.69, 9.17) is 25.7 Å². The highest BCUT2D eigenvalue weighted by Crippen LogP contribution is 2.43. The zero-order valence-corrected chi connectivity index (χ0v) is 12.6. The van der Waals surface area contributed by atoms with E-state index in [0.717, 1.165) is 10.1 Å². The number of aliphatic hydroxyl groups excluding tert-OH is 1. The molecule has 9 heteroatoms. The second kappa shape index (κ2) is 5.78. The first-order valence-electron chi connectivity index (χ1n) is 6.60. The van der Waals surface area contributed by atoms with Crippen LogP contribution in [0.4, 0.5) is 10.5 Å². The van der Waals surface area contributed by atoms with Gasteiger partial charge in [0.25, 0.3) is 5.91 Å². The number of hydrogen-bond acceptors (Lipinski definition) is 6. The molecule has 0 bridgehead atoms. The maximum atomic E-state index is 11.5. The molecule has 0 radical (unpaired) electrons. The van der Waals surface area contributed by atoms with Gasteiger partial charge in [-0.2, -0.15) is 0 Å². The fraction of sp³-hybridized carbons (Fsp3) is 0.143. The van der Waals surface area contributed by atoms with Crippen LogP contribution in [0.15, 0.2) is 22.6 Å². The maximum Gasteiger partial charge on any atom is 0.316 e. The summed E-state index contributed by atoms with van der Waals surface area (Å²) in [4.78, 5) is 22.6. The third kappa shape index (κ3) is 2.67. The van der Waals surface area contributed by atoms with Crippen molar-refractivity contribution >= 4 is 49.3 Å². The first kappa shape index (κ1) is 15.1. The average molecular weight is 335 g/mol. The molecule has 0 aliphatic rings. The van der Waals surface area contributed by atoms with Crippen molar-refractivity contribution in [3.63, 3.8) is 0 Å². The van der Waals surface area contributed by atoms with Gasteiger partial charge in [-0.15, -0.1) is 11.3 Å². The Morgan fingerprint density at radius 1 is 1.35 bits per heavy atom. The highest BCUT2D eigenvalue weighted by molar-refractivity contribution is 7.26. The topological polar surface area (TPSA) is 141 Å². The highest BCUT2D eigenvalue weighted by Gasteiger charge is 2.23. The second-order valence-electron chi connectivity index (χ2n) is 4.65. The van der Waals surface area contributed by atoms with E-state index in [1.807, 2.05) is 0 Å². The summed E-state index contributed by atoms with van der Waals surface area (Å²) in [5, 5.41) is 11.9. The minimum absolute atomic E-state index is 0.0839. The van der Waals surface area contributed by atoms with Gasteiger partial charge in [0.15, 0.2) is 5.58 Å². The van der Waals surface area contributed by atoms with Crippen LogP contribution in [0.25, 0.3) is 20.4 Å². The van der Waals surface area contributed by atoms with Crippen LogP contribution >= 0.6 is 11.3 Å².